The highest BCUT2D eigenvalue weighted by Crippen LogP contribution is 2.34. The summed E-state index contributed by atoms with van der Waals surface area (Å²) in [4.78, 5) is 0. The fourth-order valence-corrected chi connectivity index (χ4v) is 3.26. The molecule has 0 spiro atoms. The van der Waals surface area contributed by atoms with Crippen LogP contribution < -0.4 is 9.31 Å². The van der Waals surface area contributed by atoms with Crippen molar-refractivity contribution in [1.82, 2.24) is 0 Å². The van der Waals surface area contributed by atoms with Crippen LogP contribution in [0.25, 0.3) is 0 Å². The molecule has 2 aromatic carbocycles. The van der Waals surface area contributed by atoms with E-state index in [4.69, 9.17) is 9.31 Å². The quantitative estimate of drug-likeness (QED) is 0.472. The van der Waals surface area contributed by atoms with Crippen molar-refractivity contribution in [3.05, 3.63) is 58.7 Å². The molecule has 0 amide bonds. The second kappa shape index (κ2) is 8.56. The average Bonchev–Trinajstić information content (AvgIpc) is 2.58. The van der Waals surface area contributed by atoms with E-state index >= 15 is 0 Å². The molecule has 0 N–H and O–H groups in total. The lowest BCUT2D eigenvalue weighted by Crippen LogP contribution is -2.19. The van der Waals surface area contributed by atoms with Gasteiger partial charge in [0.25, 0.3) is 0 Å². The zero-order chi connectivity index (χ0) is 23.8. The van der Waals surface area contributed by atoms with E-state index in [0.29, 0.717) is 0 Å². The minimum atomic E-state index is 0.0584. The fourth-order valence-electron chi connectivity index (χ4n) is 3.26. The summed E-state index contributed by atoms with van der Waals surface area (Å²) >= 11 is 0. The Morgan fingerprint density at radius 3 is 0.839 bits per heavy atom. The molecule has 0 radical (unpaired) electrons. The molecule has 0 aliphatic carbocycles. The molecule has 0 unspecified atom stereocenters. The molecule has 0 saturated carbocycles. The van der Waals surface area contributed by atoms with Crippen molar-refractivity contribution < 1.29 is 9.31 Å². The molecule has 0 aliphatic rings. The summed E-state index contributed by atoms with van der Waals surface area (Å²) in [6.45, 7) is 26.8. The molecule has 170 valence electrons. The lowest BCUT2D eigenvalue weighted by Gasteiger charge is -2.27. The van der Waals surface area contributed by atoms with Gasteiger partial charge >= 0.3 is 7.69 Å². The minimum Gasteiger partial charge on any atom is -0.529 e. The number of hydrogen-bond donors (Lipinski definition) is 0. The van der Waals surface area contributed by atoms with Gasteiger partial charge in [-0.2, -0.15) is 0 Å². The van der Waals surface area contributed by atoms with Gasteiger partial charge in [0.1, 0.15) is 11.5 Å². The molecular formula is C28H43BO2. The summed E-state index contributed by atoms with van der Waals surface area (Å²) in [5.41, 5.74) is 5.34. The average molecular weight is 422 g/mol. The summed E-state index contributed by atoms with van der Waals surface area (Å²) in [6, 6.07) is 13.2. The summed E-state index contributed by atoms with van der Waals surface area (Å²) in [5, 5.41) is 0. The van der Waals surface area contributed by atoms with Crippen molar-refractivity contribution in [3.63, 3.8) is 0 Å². The highest BCUT2D eigenvalue weighted by atomic mass is 16.6. The lowest BCUT2D eigenvalue weighted by atomic mass is 9.80. The van der Waals surface area contributed by atoms with Gasteiger partial charge < -0.3 is 9.31 Å². The maximum Gasteiger partial charge on any atom is 0.576 e. The van der Waals surface area contributed by atoms with Gasteiger partial charge in [-0.25, -0.2) is 0 Å². The van der Waals surface area contributed by atoms with Crippen LogP contribution in [0.5, 0.6) is 11.5 Å². The maximum atomic E-state index is 6.11. The SMILES string of the molecule is CC(C)(C)c1cc(OBOc2cc(C(C)(C)C)cc(C(C)(C)C)c2)cc(C(C)(C)C)c1. The molecule has 0 bridgehead atoms. The van der Waals surface area contributed by atoms with E-state index in [1.54, 1.807) is 0 Å². The Balaban J connectivity index is 2.29. The Kier molecular flexibility index (Phi) is 7.01. The molecule has 2 nitrogen and oxygen atoms in total. The molecule has 0 aliphatic heterocycles. The van der Waals surface area contributed by atoms with Crippen LogP contribution in [0, 0.1) is 0 Å². The predicted molar refractivity (Wildman–Crippen MR) is 136 cm³/mol. The van der Waals surface area contributed by atoms with Crippen molar-refractivity contribution in [3.8, 4) is 11.5 Å². The third-order valence-corrected chi connectivity index (χ3v) is 5.73. The van der Waals surface area contributed by atoms with Gasteiger partial charge in [0.2, 0.25) is 0 Å². The van der Waals surface area contributed by atoms with E-state index in [9.17, 15) is 0 Å². The zero-order valence-corrected chi connectivity index (χ0v) is 22.0. The summed E-state index contributed by atoms with van der Waals surface area (Å²) in [7, 11) is 0.189. The molecule has 0 heterocycles. The highest BCUT2D eigenvalue weighted by molar-refractivity contribution is 6.20. The molecule has 0 aromatic heterocycles. The first-order valence-electron chi connectivity index (χ1n) is 11.4. The Bertz CT molecular complexity index is 761. The van der Waals surface area contributed by atoms with E-state index in [0.717, 1.165) is 11.5 Å². The largest absolute Gasteiger partial charge is 0.576 e. The first-order valence-corrected chi connectivity index (χ1v) is 11.4. The molecule has 3 heteroatoms. The Morgan fingerprint density at radius 2 is 0.645 bits per heavy atom. The Labute approximate surface area is 192 Å². The molecule has 31 heavy (non-hydrogen) atoms. The van der Waals surface area contributed by atoms with Crippen LogP contribution in [-0.4, -0.2) is 7.69 Å². The molecule has 0 fully saturated rings. The van der Waals surface area contributed by atoms with Gasteiger partial charge in [0.15, 0.2) is 0 Å². The Morgan fingerprint density at radius 1 is 0.419 bits per heavy atom. The summed E-state index contributed by atoms with van der Waals surface area (Å²) < 4.78 is 12.2. The molecule has 2 aromatic rings. The van der Waals surface area contributed by atoms with Crippen molar-refractivity contribution in [2.45, 2.75) is 105 Å². The molecule has 2 rings (SSSR count). The number of hydrogen-bond acceptors (Lipinski definition) is 2. The fraction of sp³-hybridized carbons (Fsp3) is 0.571. The van der Waals surface area contributed by atoms with E-state index in [-0.39, 0.29) is 29.3 Å². The second-order valence-electron chi connectivity index (χ2n) is 12.9. The van der Waals surface area contributed by atoms with Gasteiger partial charge in [-0.3, -0.25) is 0 Å². The lowest BCUT2D eigenvalue weighted by molar-refractivity contribution is 0.451. The third-order valence-electron chi connectivity index (χ3n) is 5.73. The standard InChI is InChI=1S/C28H43BO2/c1-25(2,3)19-13-20(26(4,5)6)16-23(15-19)30-29-31-24-17-21(27(7,8)9)14-22(18-24)28(10,11)12/h13-18,29H,1-12H3. The number of benzene rings is 2. The first kappa shape index (κ1) is 25.4. The van der Waals surface area contributed by atoms with Gasteiger partial charge in [-0.05, 0) is 68.2 Å². The van der Waals surface area contributed by atoms with Gasteiger partial charge in [0.05, 0.1) is 0 Å². The van der Waals surface area contributed by atoms with Crippen LogP contribution in [0.3, 0.4) is 0 Å². The summed E-state index contributed by atoms with van der Waals surface area (Å²) in [6.07, 6.45) is 0. The van der Waals surface area contributed by atoms with E-state index in [1.807, 2.05) is 0 Å². The van der Waals surface area contributed by atoms with Crippen molar-refractivity contribution >= 4 is 7.69 Å². The Hall–Kier alpha value is -1.90. The smallest absolute Gasteiger partial charge is 0.529 e. The van der Waals surface area contributed by atoms with E-state index < -0.39 is 0 Å². The summed E-state index contributed by atoms with van der Waals surface area (Å²) in [5.74, 6) is 1.72. The van der Waals surface area contributed by atoms with E-state index in [1.165, 1.54) is 22.3 Å². The second-order valence-corrected chi connectivity index (χ2v) is 12.9. The van der Waals surface area contributed by atoms with Crippen LogP contribution in [-0.2, 0) is 21.7 Å². The number of rotatable bonds is 4. The van der Waals surface area contributed by atoms with Crippen molar-refractivity contribution in [2.24, 2.45) is 0 Å². The van der Waals surface area contributed by atoms with Crippen LogP contribution in [0.2, 0.25) is 0 Å². The van der Waals surface area contributed by atoms with Gasteiger partial charge in [-0.1, -0.05) is 95.2 Å². The van der Waals surface area contributed by atoms with Gasteiger partial charge in [-0.15, -0.1) is 0 Å². The zero-order valence-electron chi connectivity index (χ0n) is 22.0. The maximum absolute atomic E-state index is 6.11. The van der Waals surface area contributed by atoms with E-state index in [2.05, 4.69) is 119 Å². The first-order chi connectivity index (χ1) is 13.9. The molecular weight excluding hydrogens is 379 g/mol. The normalized spacial score (nSPS) is 13.2. The highest BCUT2D eigenvalue weighted by Gasteiger charge is 2.23. The topological polar surface area (TPSA) is 18.5 Å². The van der Waals surface area contributed by atoms with Crippen LogP contribution in [0.15, 0.2) is 36.4 Å². The van der Waals surface area contributed by atoms with Crippen molar-refractivity contribution in [2.75, 3.05) is 0 Å². The third kappa shape index (κ3) is 7.05. The predicted octanol–water partition coefficient (Wildman–Crippen LogP) is 7.60. The van der Waals surface area contributed by atoms with Crippen LogP contribution in [0.1, 0.15) is 105 Å². The van der Waals surface area contributed by atoms with Crippen LogP contribution in [0.4, 0.5) is 0 Å². The van der Waals surface area contributed by atoms with Crippen molar-refractivity contribution in [1.29, 1.82) is 0 Å². The molecule has 0 atom stereocenters. The monoisotopic (exact) mass is 422 g/mol. The van der Waals surface area contributed by atoms with Crippen LogP contribution >= 0.6 is 0 Å². The minimum absolute atomic E-state index is 0.0584. The van der Waals surface area contributed by atoms with Gasteiger partial charge in [0, 0.05) is 0 Å². The molecule has 0 saturated heterocycles.